The van der Waals surface area contributed by atoms with Crippen molar-refractivity contribution in [3.8, 4) is 0 Å². The molecule has 2 aromatic rings. The Balaban J connectivity index is 2.38. The number of hydrogen-bond acceptors (Lipinski definition) is 3. The molecule has 0 saturated heterocycles. The highest BCUT2D eigenvalue weighted by Crippen LogP contribution is 2.23. The number of nitrogens with one attached hydrogen (secondary N) is 1. The number of benzene rings is 2. The third-order valence-corrected chi connectivity index (χ3v) is 3.30. The number of halogens is 2. The molecule has 3 N–H and O–H groups in total. The molecule has 0 radical (unpaired) electrons. The monoisotopic (exact) mass is 353 g/mol. The van der Waals surface area contributed by atoms with Crippen LogP contribution < -0.4 is 5.32 Å². The molecule has 0 bridgehead atoms. The van der Waals surface area contributed by atoms with Crippen molar-refractivity contribution >= 4 is 46.7 Å². The van der Waals surface area contributed by atoms with Crippen LogP contribution >= 0.6 is 23.2 Å². The van der Waals surface area contributed by atoms with Crippen molar-refractivity contribution in [2.24, 2.45) is 0 Å². The first kappa shape index (κ1) is 16.8. The second-order valence-electron chi connectivity index (χ2n) is 4.48. The highest BCUT2D eigenvalue weighted by Gasteiger charge is 2.19. The van der Waals surface area contributed by atoms with Gasteiger partial charge >= 0.3 is 11.9 Å². The van der Waals surface area contributed by atoms with E-state index in [-0.39, 0.29) is 16.8 Å². The molecule has 118 valence electrons. The molecule has 0 spiro atoms. The van der Waals surface area contributed by atoms with Crippen LogP contribution in [0.5, 0.6) is 0 Å². The van der Waals surface area contributed by atoms with E-state index in [1.165, 1.54) is 18.2 Å². The Morgan fingerprint density at radius 1 is 0.826 bits per heavy atom. The summed E-state index contributed by atoms with van der Waals surface area (Å²) in [6.07, 6.45) is 0. The van der Waals surface area contributed by atoms with Crippen LogP contribution in [-0.2, 0) is 0 Å². The van der Waals surface area contributed by atoms with Crippen LogP contribution in [0.1, 0.15) is 31.1 Å². The number of anilines is 1. The summed E-state index contributed by atoms with van der Waals surface area (Å²) in [6, 6.07) is 7.56. The zero-order valence-electron chi connectivity index (χ0n) is 11.3. The van der Waals surface area contributed by atoms with Crippen molar-refractivity contribution in [1.82, 2.24) is 0 Å². The van der Waals surface area contributed by atoms with Crippen LogP contribution in [-0.4, -0.2) is 28.1 Å². The maximum absolute atomic E-state index is 12.2. The number of carbonyl (C=O) groups excluding carboxylic acids is 1. The van der Waals surface area contributed by atoms with Crippen LogP contribution in [0.3, 0.4) is 0 Å². The standard InChI is InChI=1S/C15H9Cl2NO5/c16-8-4-9(17)6-10(5-8)18-13(19)11-2-1-7(14(20)21)3-12(11)15(22)23/h1-6H,(H,18,19)(H,20,21)(H,22,23). The van der Waals surface area contributed by atoms with Gasteiger partial charge in [-0.2, -0.15) is 0 Å². The molecular weight excluding hydrogens is 345 g/mol. The highest BCUT2D eigenvalue weighted by molar-refractivity contribution is 6.35. The Labute approximate surface area is 140 Å². The first-order valence-electron chi connectivity index (χ1n) is 6.16. The summed E-state index contributed by atoms with van der Waals surface area (Å²) in [7, 11) is 0. The third-order valence-electron chi connectivity index (χ3n) is 2.86. The lowest BCUT2D eigenvalue weighted by Gasteiger charge is -2.09. The van der Waals surface area contributed by atoms with Crippen LogP contribution in [0.25, 0.3) is 0 Å². The van der Waals surface area contributed by atoms with Gasteiger partial charge in [-0.15, -0.1) is 0 Å². The van der Waals surface area contributed by atoms with Gasteiger partial charge in [0.15, 0.2) is 0 Å². The molecule has 0 unspecified atom stereocenters. The van der Waals surface area contributed by atoms with Gasteiger partial charge < -0.3 is 15.5 Å². The number of carbonyl (C=O) groups is 3. The van der Waals surface area contributed by atoms with E-state index in [2.05, 4.69) is 5.32 Å². The lowest BCUT2D eigenvalue weighted by Crippen LogP contribution is -2.17. The fourth-order valence-corrected chi connectivity index (χ4v) is 2.40. The van der Waals surface area contributed by atoms with E-state index in [0.717, 1.165) is 18.2 Å². The lowest BCUT2D eigenvalue weighted by atomic mass is 10.0. The van der Waals surface area contributed by atoms with Gasteiger partial charge in [-0.1, -0.05) is 23.2 Å². The number of carboxylic acids is 2. The largest absolute Gasteiger partial charge is 0.478 e. The summed E-state index contributed by atoms with van der Waals surface area (Å²) in [6.45, 7) is 0. The molecular formula is C15H9Cl2NO5. The van der Waals surface area contributed by atoms with Crippen molar-refractivity contribution in [2.75, 3.05) is 5.32 Å². The molecule has 0 saturated carbocycles. The first-order chi connectivity index (χ1) is 10.8. The molecule has 2 aromatic carbocycles. The maximum atomic E-state index is 12.2. The van der Waals surface area contributed by atoms with Gasteiger partial charge in [-0.3, -0.25) is 4.79 Å². The van der Waals surface area contributed by atoms with Crippen molar-refractivity contribution in [3.63, 3.8) is 0 Å². The van der Waals surface area contributed by atoms with Crippen molar-refractivity contribution < 1.29 is 24.6 Å². The second-order valence-corrected chi connectivity index (χ2v) is 5.36. The third kappa shape index (κ3) is 4.00. The molecule has 0 aromatic heterocycles. The minimum absolute atomic E-state index is 0.182. The predicted molar refractivity (Wildman–Crippen MR) is 84.8 cm³/mol. The average Bonchev–Trinajstić information content (AvgIpc) is 2.45. The summed E-state index contributed by atoms with van der Waals surface area (Å²) in [5.41, 5.74) is -0.551. The van der Waals surface area contributed by atoms with Crippen molar-refractivity contribution in [3.05, 3.63) is 63.1 Å². The predicted octanol–water partition coefficient (Wildman–Crippen LogP) is 3.64. The Morgan fingerprint density at radius 3 is 1.96 bits per heavy atom. The van der Waals surface area contributed by atoms with E-state index in [4.69, 9.17) is 33.4 Å². The molecule has 0 fully saturated rings. The van der Waals surface area contributed by atoms with E-state index >= 15 is 0 Å². The molecule has 8 heteroatoms. The van der Waals surface area contributed by atoms with Crippen molar-refractivity contribution in [2.45, 2.75) is 0 Å². The fourth-order valence-electron chi connectivity index (χ4n) is 1.88. The quantitative estimate of drug-likeness (QED) is 0.778. The Morgan fingerprint density at radius 2 is 1.43 bits per heavy atom. The zero-order valence-corrected chi connectivity index (χ0v) is 12.9. The van der Waals surface area contributed by atoms with E-state index in [9.17, 15) is 14.4 Å². The Kier molecular flexibility index (Phi) is 4.88. The Bertz CT molecular complexity index is 799. The summed E-state index contributed by atoms with van der Waals surface area (Å²) >= 11 is 11.6. The fraction of sp³-hybridized carbons (Fsp3) is 0. The van der Waals surface area contributed by atoms with Crippen LogP contribution in [0.15, 0.2) is 36.4 Å². The Hall–Kier alpha value is -2.57. The summed E-state index contributed by atoms with van der Waals surface area (Å²) in [5, 5.41) is 21.1. The normalized spacial score (nSPS) is 10.2. The number of hydrogen-bond donors (Lipinski definition) is 3. The SMILES string of the molecule is O=C(O)c1ccc(C(=O)Nc2cc(Cl)cc(Cl)c2)c(C(=O)O)c1. The van der Waals surface area contributed by atoms with Gasteiger partial charge in [0.05, 0.1) is 16.7 Å². The molecule has 23 heavy (non-hydrogen) atoms. The van der Waals surface area contributed by atoms with Gasteiger partial charge in [-0.25, -0.2) is 9.59 Å². The minimum Gasteiger partial charge on any atom is -0.478 e. The molecule has 2 rings (SSSR count). The molecule has 0 aliphatic heterocycles. The van der Waals surface area contributed by atoms with Gasteiger partial charge in [0.1, 0.15) is 0 Å². The minimum atomic E-state index is -1.41. The van der Waals surface area contributed by atoms with Gasteiger partial charge in [0.2, 0.25) is 0 Å². The number of carboxylic acid groups (broad SMARTS) is 2. The summed E-state index contributed by atoms with van der Waals surface area (Å²) in [4.78, 5) is 34.4. The number of rotatable bonds is 4. The van der Waals surface area contributed by atoms with E-state index < -0.39 is 23.4 Å². The lowest BCUT2D eigenvalue weighted by molar-refractivity contribution is 0.0692. The number of amides is 1. The van der Waals surface area contributed by atoms with Crippen LogP contribution in [0.4, 0.5) is 5.69 Å². The molecule has 1 amide bonds. The van der Waals surface area contributed by atoms with E-state index in [1.807, 2.05) is 0 Å². The molecule has 0 aliphatic rings. The summed E-state index contributed by atoms with van der Waals surface area (Å²) in [5.74, 6) is -3.43. The molecule has 0 heterocycles. The molecule has 6 nitrogen and oxygen atoms in total. The van der Waals surface area contributed by atoms with Gasteiger partial charge in [-0.05, 0) is 36.4 Å². The van der Waals surface area contributed by atoms with Gasteiger partial charge in [0, 0.05) is 15.7 Å². The number of aromatic carboxylic acids is 2. The van der Waals surface area contributed by atoms with E-state index in [1.54, 1.807) is 0 Å². The topological polar surface area (TPSA) is 104 Å². The van der Waals surface area contributed by atoms with Crippen LogP contribution in [0, 0.1) is 0 Å². The van der Waals surface area contributed by atoms with Crippen molar-refractivity contribution in [1.29, 1.82) is 0 Å². The molecule has 0 atom stereocenters. The van der Waals surface area contributed by atoms with Crippen LogP contribution in [0.2, 0.25) is 10.0 Å². The second kappa shape index (κ2) is 6.68. The molecule has 0 aliphatic carbocycles. The first-order valence-corrected chi connectivity index (χ1v) is 6.91. The van der Waals surface area contributed by atoms with Gasteiger partial charge in [0.25, 0.3) is 5.91 Å². The zero-order chi connectivity index (χ0) is 17.1. The maximum Gasteiger partial charge on any atom is 0.336 e. The highest BCUT2D eigenvalue weighted by atomic mass is 35.5. The average molecular weight is 354 g/mol. The van der Waals surface area contributed by atoms with E-state index in [0.29, 0.717) is 10.0 Å². The summed E-state index contributed by atoms with van der Waals surface area (Å²) < 4.78 is 0. The smallest absolute Gasteiger partial charge is 0.336 e.